The van der Waals surface area contributed by atoms with Gasteiger partial charge in [-0.15, -0.1) is 0 Å². The zero-order valence-electron chi connectivity index (χ0n) is 19.4. The second-order valence-electron chi connectivity index (χ2n) is 9.43. The Morgan fingerprint density at radius 3 is 2.38 bits per heavy atom. The highest BCUT2D eigenvalue weighted by Crippen LogP contribution is 2.43. The van der Waals surface area contributed by atoms with Crippen molar-refractivity contribution >= 4 is 17.6 Å². The number of piperidine rings is 1. The van der Waals surface area contributed by atoms with Crippen LogP contribution in [0.25, 0.3) is 11.1 Å². The largest absolute Gasteiger partial charge is 0.478 e. The van der Waals surface area contributed by atoms with Gasteiger partial charge in [0.25, 0.3) is 0 Å². The van der Waals surface area contributed by atoms with E-state index < -0.39 is 5.97 Å². The fourth-order valence-electron chi connectivity index (χ4n) is 5.31. The number of carbonyl (C=O) groups excluding carboxylic acids is 1. The van der Waals surface area contributed by atoms with E-state index in [9.17, 15) is 14.7 Å². The third-order valence-corrected chi connectivity index (χ3v) is 7.46. The molecule has 0 unspecified atom stereocenters. The van der Waals surface area contributed by atoms with Gasteiger partial charge in [-0.2, -0.15) is 0 Å². The van der Waals surface area contributed by atoms with Crippen LogP contribution in [-0.2, 0) is 11.3 Å². The van der Waals surface area contributed by atoms with E-state index in [4.69, 9.17) is 0 Å². The van der Waals surface area contributed by atoms with Gasteiger partial charge in [-0.05, 0) is 80.2 Å². The summed E-state index contributed by atoms with van der Waals surface area (Å²) in [4.78, 5) is 33.9. The topological polar surface area (TPSA) is 73.7 Å². The van der Waals surface area contributed by atoms with Crippen LogP contribution in [0.4, 0.5) is 5.69 Å². The van der Waals surface area contributed by atoms with Crippen LogP contribution in [0.2, 0.25) is 0 Å². The lowest BCUT2D eigenvalue weighted by molar-refractivity contribution is -0.128. The molecule has 34 heavy (non-hydrogen) atoms. The normalized spacial score (nSPS) is 17.9. The molecule has 1 aromatic heterocycles. The number of anilines is 1. The van der Waals surface area contributed by atoms with Crippen molar-refractivity contribution in [1.82, 2.24) is 9.88 Å². The number of nitrogens with zero attached hydrogens (tertiary/aromatic N) is 3. The first-order valence-corrected chi connectivity index (χ1v) is 11.8. The summed E-state index contributed by atoms with van der Waals surface area (Å²) in [7, 11) is 0. The number of likely N-dealkylation sites (tertiary alicyclic amines) is 1. The number of aromatic carboxylic acids is 1. The van der Waals surface area contributed by atoms with E-state index in [2.05, 4.69) is 22.9 Å². The van der Waals surface area contributed by atoms with E-state index in [1.165, 1.54) is 5.56 Å². The Morgan fingerprint density at radius 2 is 1.68 bits per heavy atom. The van der Waals surface area contributed by atoms with E-state index in [1.807, 2.05) is 53.6 Å². The summed E-state index contributed by atoms with van der Waals surface area (Å²) in [6.07, 6.45) is 4.47. The van der Waals surface area contributed by atoms with Gasteiger partial charge >= 0.3 is 5.97 Å². The predicted molar refractivity (Wildman–Crippen MR) is 132 cm³/mol. The summed E-state index contributed by atoms with van der Waals surface area (Å²) in [5.74, 6) is -0.722. The maximum Gasteiger partial charge on any atom is 0.336 e. The Labute approximate surface area is 199 Å². The van der Waals surface area contributed by atoms with Gasteiger partial charge in [-0.3, -0.25) is 14.7 Å². The Bertz CT molecular complexity index is 1210. The first-order chi connectivity index (χ1) is 16.5. The van der Waals surface area contributed by atoms with Crippen LogP contribution < -0.4 is 4.90 Å². The number of carbonyl (C=O) groups is 2. The van der Waals surface area contributed by atoms with E-state index in [0.717, 1.165) is 62.4 Å². The quantitative estimate of drug-likeness (QED) is 0.600. The predicted octanol–water partition coefficient (Wildman–Crippen LogP) is 4.77. The molecule has 2 fully saturated rings. The Balaban J connectivity index is 1.27. The van der Waals surface area contributed by atoms with Gasteiger partial charge in [0.2, 0.25) is 5.91 Å². The SMILES string of the molecule is Cc1cccnc1CN1CCC2(CC1)CCN(c1ccc(-c3ccccc3C(=O)O)cc1)C2=O. The summed E-state index contributed by atoms with van der Waals surface area (Å²) in [5.41, 5.74) is 4.72. The molecule has 174 valence electrons. The van der Waals surface area contributed by atoms with Gasteiger partial charge in [-0.25, -0.2) is 4.79 Å². The first-order valence-electron chi connectivity index (χ1n) is 11.8. The van der Waals surface area contributed by atoms with Crippen LogP contribution in [0.3, 0.4) is 0 Å². The molecule has 0 atom stereocenters. The molecule has 1 spiro atoms. The molecule has 6 nitrogen and oxygen atoms in total. The molecule has 1 N–H and O–H groups in total. The third kappa shape index (κ3) is 4.10. The van der Waals surface area contributed by atoms with Gasteiger partial charge in [0.15, 0.2) is 0 Å². The highest BCUT2D eigenvalue weighted by Gasteiger charge is 2.48. The lowest BCUT2D eigenvalue weighted by Crippen LogP contribution is -2.44. The minimum atomic E-state index is -0.944. The Kier molecular flexibility index (Phi) is 5.92. The average Bonchev–Trinajstić information content (AvgIpc) is 3.17. The molecule has 5 rings (SSSR count). The number of rotatable bonds is 5. The lowest BCUT2D eigenvalue weighted by atomic mass is 9.77. The number of aryl methyl sites for hydroxylation is 1. The fraction of sp³-hybridized carbons (Fsp3) is 0.321. The van der Waals surface area contributed by atoms with Crippen molar-refractivity contribution in [1.29, 1.82) is 0 Å². The van der Waals surface area contributed by atoms with Crippen LogP contribution in [-0.4, -0.2) is 46.5 Å². The number of carboxylic acid groups (broad SMARTS) is 1. The number of pyridine rings is 1. The second-order valence-corrected chi connectivity index (χ2v) is 9.43. The van der Waals surface area contributed by atoms with Crippen molar-refractivity contribution in [3.05, 3.63) is 83.7 Å². The van der Waals surface area contributed by atoms with Crippen LogP contribution >= 0.6 is 0 Å². The molecule has 3 aromatic rings. The second kappa shape index (κ2) is 9.03. The molecule has 6 heteroatoms. The van der Waals surface area contributed by atoms with E-state index in [0.29, 0.717) is 5.56 Å². The maximum absolute atomic E-state index is 13.5. The monoisotopic (exact) mass is 455 g/mol. The van der Waals surface area contributed by atoms with Crippen molar-refractivity contribution in [2.45, 2.75) is 32.7 Å². The summed E-state index contributed by atoms with van der Waals surface area (Å²) in [6, 6.07) is 18.7. The van der Waals surface area contributed by atoms with Crippen molar-refractivity contribution in [3.63, 3.8) is 0 Å². The standard InChI is InChI=1S/C28H29N3O3/c1-20-5-4-15-29-25(20)19-30-16-12-28(13-17-30)14-18-31(27(28)34)22-10-8-21(9-11-22)23-6-2-3-7-24(23)26(32)33/h2-11,15H,12-14,16-19H2,1H3,(H,32,33). The summed E-state index contributed by atoms with van der Waals surface area (Å²) < 4.78 is 0. The fourth-order valence-corrected chi connectivity index (χ4v) is 5.31. The summed E-state index contributed by atoms with van der Waals surface area (Å²) in [5, 5.41) is 9.48. The molecular formula is C28H29N3O3. The minimum Gasteiger partial charge on any atom is -0.478 e. The summed E-state index contributed by atoms with van der Waals surface area (Å²) in [6.45, 7) is 5.46. The zero-order chi connectivity index (χ0) is 23.7. The number of carboxylic acids is 1. The van der Waals surface area contributed by atoms with Gasteiger partial charge in [0.05, 0.1) is 16.7 Å². The van der Waals surface area contributed by atoms with Crippen molar-refractivity contribution in [2.24, 2.45) is 5.41 Å². The van der Waals surface area contributed by atoms with Crippen LogP contribution in [0.1, 0.15) is 40.9 Å². The van der Waals surface area contributed by atoms with Crippen molar-refractivity contribution in [3.8, 4) is 11.1 Å². The van der Waals surface area contributed by atoms with Gasteiger partial charge in [0, 0.05) is 25.0 Å². The van der Waals surface area contributed by atoms with Gasteiger partial charge in [-0.1, -0.05) is 36.4 Å². The molecule has 0 radical (unpaired) electrons. The Hall–Kier alpha value is -3.51. The molecule has 2 aromatic carbocycles. The molecule has 0 saturated carbocycles. The van der Waals surface area contributed by atoms with Crippen LogP contribution in [0, 0.1) is 12.3 Å². The smallest absolute Gasteiger partial charge is 0.336 e. The van der Waals surface area contributed by atoms with Crippen molar-refractivity contribution < 1.29 is 14.7 Å². The molecular weight excluding hydrogens is 426 g/mol. The van der Waals surface area contributed by atoms with E-state index in [1.54, 1.807) is 12.1 Å². The molecule has 3 heterocycles. The van der Waals surface area contributed by atoms with E-state index in [-0.39, 0.29) is 16.9 Å². The maximum atomic E-state index is 13.5. The number of hydrogen-bond acceptors (Lipinski definition) is 4. The number of amides is 1. The molecule has 2 saturated heterocycles. The highest BCUT2D eigenvalue weighted by molar-refractivity contribution is 6.00. The third-order valence-electron chi connectivity index (χ3n) is 7.46. The van der Waals surface area contributed by atoms with Crippen LogP contribution in [0.15, 0.2) is 66.9 Å². The molecule has 0 aliphatic carbocycles. The van der Waals surface area contributed by atoms with Gasteiger partial charge < -0.3 is 10.0 Å². The minimum absolute atomic E-state index is 0.222. The number of aromatic nitrogens is 1. The van der Waals surface area contributed by atoms with Gasteiger partial charge in [0.1, 0.15) is 0 Å². The molecule has 2 aliphatic heterocycles. The molecule has 1 amide bonds. The van der Waals surface area contributed by atoms with Crippen molar-refractivity contribution in [2.75, 3.05) is 24.5 Å². The highest BCUT2D eigenvalue weighted by atomic mass is 16.4. The molecule has 2 aliphatic rings. The number of benzene rings is 2. The summed E-state index contributed by atoms with van der Waals surface area (Å²) >= 11 is 0. The number of hydrogen-bond donors (Lipinski definition) is 1. The first kappa shape index (κ1) is 22.3. The zero-order valence-corrected chi connectivity index (χ0v) is 19.4. The van der Waals surface area contributed by atoms with E-state index >= 15 is 0 Å². The lowest BCUT2D eigenvalue weighted by Gasteiger charge is -2.38. The average molecular weight is 456 g/mol. The van der Waals surface area contributed by atoms with Crippen LogP contribution in [0.5, 0.6) is 0 Å². The Morgan fingerprint density at radius 1 is 0.971 bits per heavy atom. The molecule has 0 bridgehead atoms.